The summed E-state index contributed by atoms with van der Waals surface area (Å²) in [6.07, 6.45) is 13.8. The number of nitro benzene ring substituents is 1. The van der Waals surface area contributed by atoms with Gasteiger partial charge in [-0.25, -0.2) is 13.1 Å². The topological polar surface area (TPSA) is 205 Å². The molecule has 384 valence electrons. The lowest BCUT2D eigenvalue weighted by Gasteiger charge is -2.56. The van der Waals surface area contributed by atoms with Gasteiger partial charge >= 0.3 is 0 Å². The van der Waals surface area contributed by atoms with Crippen molar-refractivity contribution in [3.05, 3.63) is 99.7 Å². The summed E-state index contributed by atoms with van der Waals surface area (Å²) in [6.45, 7) is 6.05. The fourth-order valence-corrected chi connectivity index (χ4v) is 14.6. The maximum Gasteiger partial charge on any atom is 0.297 e. The largest absolute Gasteiger partial charge is 0.489 e. The molecular formula is C55H64N8O9S. The number of ether oxygens (including phenoxy) is 3. The molecule has 8 aliphatic rings. The summed E-state index contributed by atoms with van der Waals surface area (Å²) in [7, 11) is -4.70. The molecule has 3 saturated carbocycles. The average molecular weight is 1010 g/mol. The van der Waals surface area contributed by atoms with Gasteiger partial charge in [0.15, 0.2) is 11.4 Å². The summed E-state index contributed by atoms with van der Waals surface area (Å²) >= 11 is 0. The fraction of sp³-hybridized carbons (Fsp3) is 0.527. The van der Waals surface area contributed by atoms with Crippen molar-refractivity contribution in [2.75, 3.05) is 61.1 Å². The third-order valence-electron chi connectivity index (χ3n) is 18.0. The smallest absolute Gasteiger partial charge is 0.297 e. The van der Waals surface area contributed by atoms with Crippen LogP contribution in [0.15, 0.2) is 77.8 Å². The van der Waals surface area contributed by atoms with Gasteiger partial charge in [-0.3, -0.25) is 19.8 Å². The Kier molecular flexibility index (Phi) is 11.5. The summed E-state index contributed by atoms with van der Waals surface area (Å²) in [5, 5.41) is 27.2. The third kappa shape index (κ3) is 8.64. The van der Waals surface area contributed by atoms with Gasteiger partial charge < -0.3 is 39.4 Å². The lowest BCUT2D eigenvalue weighted by atomic mass is 9.59. The van der Waals surface area contributed by atoms with Gasteiger partial charge in [0.1, 0.15) is 24.0 Å². The molecule has 17 nitrogen and oxygen atoms in total. The van der Waals surface area contributed by atoms with E-state index >= 15 is 0 Å². The van der Waals surface area contributed by atoms with Crippen molar-refractivity contribution in [3.63, 3.8) is 0 Å². The number of nitrogens with one attached hydrogen (secondary N) is 3. The molecule has 6 fully saturated rings. The van der Waals surface area contributed by atoms with Gasteiger partial charge in [0, 0.05) is 67.0 Å². The molecule has 0 bridgehead atoms. The highest BCUT2D eigenvalue weighted by atomic mass is 32.2. The van der Waals surface area contributed by atoms with Crippen LogP contribution in [0.2, 0.25) is 0 Å². The zero-order valence-electron chi connectivity index (χ0n) is 41.3. The van der Waals surface area contributed by atoms with Crippen LogP contribution in [0.4, 0.5) is 28.4 Å². The van der Waals surface area contributed by atoms with Crippen LogP contribution < -0.4 is 29.3 Å². The predicted molar refractivity (Wildman–Crippen MR) is 276 cm³/mol. The fourth-order valence-electron chi connectivity index (χ4n) is 13.6. The molecule has 13 rings (SSSR count). The number of hydrogen-bond donors (Lipinski definition) is 4. The van der Waals surface area contributed by atoms with Gasteiger partial charge in [-0.05, 0) is 149 Å². The predicted octanol–water partition coefficient (Wildman–Crippen LogP) is 8.71. The Bertz CT molecular complexity index is 3100. The molecule has 73 heavy (non-hydrogen) atoms. The third-order valence-corrected chi connectivity index (χ3v) is 19.3. The van der Waals surface area contributed by atoms with Crippen LogP contribution >= 0.6 is 0 Å². The summed E-state index contributed by atoms with van der Waals surface area (Å²) < 4.78 is 49.6. The maximum absolute atomic E-state index is 14.8. The zero-order chi connectivity index (χ0) is 49.8. The molecule has 1 spiro atoms. The van der Waals surface area contributed by atoms with E-state index in [4.69, 9.17) is 19.2 Å². The second-order valence-electron chi connectivity index (χ2n) is 22.7. The van der Waals surface area contributed by atoms with Crippen LogP contribution in [0.3, 0.4) is 0 Å². The van der Waals surface area contributed by atoms with E-state index in [1.165, 1.54) is 44.6 Å². The number of anilines is 4. The van der Waals surface area contributed by atoms with E-state index in [0.29, 0.717) is 85.8 Å². The number of aliphatic hydroxyl groups is 1. The molecule has 0 unspecified atom stereocenters. The number of fused-ring (bicyclic) bond motifs is 4. The van der Waals surface area contributed by atoms with Crippen molar-refractivity contribution in [2.24, 2.45) is 17.3 Å². The molecule has 5 aliphatic heterocycles. The molecule has 18 heteroatoms. The van der Waals surface area contributed by atoms with E-state index < -0.39 is 37.0 Å². The second-order valence-corrected chi connectivity index (χ2v) is 24.4. The van der Waals surface area contributed by atoms with Gasteiger partial charge in [-0.15, -0.1) is 0 Å². The number of sulfonamides is 1. The van der Waals surface area contributed by atoms with Gasteiger partial charge in [-0.2, -0.15) is 4.98 Å². The molecule has 0 radical (unpaired) electrons. The molecule has 4 atom stereocenters. The lowest BCUT2D eigenvalue weighted by Crippen LogP contribution is -2.55. The summed E-state index contributed by atoms with van der Waals surface area (Å²) in [4.78, 5) is 41.6. The molecule has 1 amide bonds. The van der Waals surface area contributed by atoms with E-state index in [1.807, 2.05) is 42.3 Å². The number of rotatable bonds is 10. The van der Waals surface area contributed by atoms with Crippen molar-refractivity contribution < 1.29 is 37.5 Å². The van der Waals surface area contributed by atoms with Crippen LogP contribution in [0.1, 0.15) is 117 Å². The Morgan fingerprint density at radius 3 is 2.48 bits per heavy atom. The van der Waals surface area contributed by atoms with E-state index in [2.05, 4.69) is 49.1 Å². The van der Waals surface area contributed by atoms with Crippen LogP contribution in [-0.4, -0.2) is 109 Å². The number of benzene rings is 3. The van der Waals surface area contributed by atoms with E-state index in [1.54, 1.807) is 17.2 Å². The lowest BCUT2D eigenvalue weighted by molar-refractivity contribution is -0.384. The maximum atomic E-state index is 14.8. The monoisotopic (exact) mass is 1010 g/mol. The minimum absolute atomic E-state index is 0.0137. The van der Waals surface area contributed by atoms with Gasteiger partial charge in [0.25, 0.3) is 21.6 Å². The Morgan fingerprint density at radius 1 is 0.904 bits per heavy atom. The number of nitro groups is 1. The highest BCUT2D eigenvalue weighted by Crippen LogP contribution is 2.55. The molecule has 5 aromatic rings. The quantitative estimate of drug-likeness (QED) is 0.0764. The molecule has 2 aromatic heterocycles. The van der Waals surface area contributed by atoms with E-state index in [0.717, 1.165) is 55.5 Å². The van der Waals surface area contributed by atoms with Gasteiger partial charge in [-0.1, -0.05) is 24.3 Å². The number of pyridine rings is 1. The summed E-state index contributed by atoms with van der Waals surface area (Å²) in [5.74, 6) is 0.241. The minimum Gasteiger partial charge on any atom is -0.489 e. The summed E-state index contributed by atoms with van der Waals surface area (Å²) in [6, 6.07) is 21.7. The number of hydrogen-bond acceptors (Lipinski definition) is 14. The summed E-state index contributed by atoms with van der Waals surface area (Å²) in [5.41, 5.74) is 5.08. The van der Waals surface area contributed by atoms with Crippen molar-refractivity contribution in [3.8, 4) is 11.6 Å². The number of H-pyrrole nitrogens is 1. The van der Waals surface area contributed by atoms with Crippen molar-refractivity contribution in [2.45, 2.75) is 125 Å². The van der Waals surface area contributed by atoms with E-state index in [9.17, 15) is 28.4 Å². The van der Waals surface area contributed by atoms with Crippen molar-refractivity contribution in [1.29, 1.82) is 0 Å². The Morgan fingerprint density at radius 2 is 1.70 bits per heavy atom. The van der Waals surface area contributed by atoms with Crippen LogP contribution in [0.25, 0.3) is 11.0 Å². The van der Waals surface area contributed by atoms with Crippen LogP contribution in [0.5, 0.6) is 11.6 Å². The Balaban J connectivity index is 0.782. The molecule has 3 saturated heterocycles. The van der Waals surface area contributed by atoms with Crippen molar-refractivity contribution >= 4 is 55.4 Å². The molecular weight excluding hydrogens is 949 g/mol. The number of nitrogens with zero attached hydrogens (tertiary/aromatic N) is 5. The number of likely N-dealkylation sites (tertiary alicyclic amines) is 1. The standard InChI is InChI=1S/C55H64N8O9S/c1-54(65)15-12-34(13-16-54)43-31-71-48-26-39(25-46(63(66)67)50(48)57-43)73(68,69)59-52(64)42-11-10-37(24-45(42)62-29-36-30-70-32-49(36)72-53-47(62)23-35-14-19-56-51(35)58-53)60-21-17-55(18-22-60)27-38(28-55)61-20-4-7-44(61)41-6-3-2-5-40(41)33-8-9-33/h2-3,5-6,10-11,14,19,23-26,33-34,36,38,43-44,49,57,65H,4,7-9,12-13,15-18,20-22,27-32H2,1H3,(H,56,58)(H,59,64)/t34?,36-,43+,44-,49+,54?/m0/s1. The van der Waals surface area contributed by atoms with Crippen molar-refractivity contribution in [1.82, 2.24) is 19.6 Å². The molecule has 3 aliphatic carbocycles. The number of amides is 1. The average Bonchev–Trinajstić information content (AvgIpc) is 3.72. The first-order chi connectivity index (χ1) is 35.3. The second kappa shape index (κ2) is 17.9. The Hall–Kier alpha value is -5.95. The first-order valence-electron chi connectivity index (χ1n) is 26.5. The van der Waals surface area contributed by atoms with Crippen LogP contribution in [-0.2, 0) is 14.8 Å². The highest BCUT2D eigenvalue weighted by Gasteiger charge is 2.50. The number of piperidine rings is 1. The minimum atomic E-state index is -4.70. The number of carbonyl (C=O) groups excluding carboxylic acids is 1. The number of carbonyl (C=O) groups is 1. The number of aromatic nitrogens is 2. The highest BCUT2D eigenvalue weighted by molar-refractivity contribution is 7.90. The molecule has 7 heterocycles. The van der Waals surface area contributed by atoms with E-state index in [-0.39, 0.29) is 47.6 Å². The zero-order valence-corrected chi connectivity index (χ0v) is 42.1. The first kappa shape index (κ1) is 46.8. The SMILES string of the molecule is CC1(O)CCC([C@H]2COc3cc(S(=O)(=O)NC(=O)c4ccc(N5CCC6(CC5)CC(N5CCC[C@H]5c5ccccc5C5CC5)C6)cc4N4C[C@H]5COC[C@H]5Oc5nc6[nH]ccc6cc54)cc([N+](=O)[O-])c3N2)CC1. The van der Waals surface area contributed by atoms with Crippen LogP contribution in [0, 0.1) is 27.4 Å². The Labute approximate surface area is 425 Å². The molecule has 3 aromatic carbocycles. The first-order valence-corrected chi connectivity index (χ1v) is 28.0. The normalized spacial score (nSPS) is 28.0. The van der Waals surface area contributed by atoms with Gasteiger partial charge in [0.05, 0.1) is 45.9 Å². The molecule has 4 N–H and O–H groups in total. The van der Waals surface area contributed by atoms with Gasteiger partial charge in [0.2, 0.25) is 5.88 Å². The number of aromatic amines is 1.